The number of aromatic nitrogens is 1. The van der Waals surface area contributed by atoms with Gasteiger partial charge >= 0.3 is 5.97 Å². The number of carboxylic acids is 1. The number of benzene rings is 1. The minimum atomic E-state index is -0.964. The molecule has 0 unspecified atom stereocenters. The molecule has 2 aromatic rings. The Morgan fingerprint density at radius 3 is 2.80 bits per heavy atom. The molecule has 1 aromatic carbocycles. The number of anilines is 1. The van der Waals surface area contributed by atoms with E-state index in [4.69, 9.17) is 16.7 Å². The van der Waals surface area contributed by atoms with Gasteiger partial charge in [0.15, 0.2) is 0 Å². The van der Waals surface area contributed by atoms with E-state index in [1.54, 1.807) is 6.20 Å². The van der Waals surface area contributed by atoms with E-state index < -0.39 is 5.97 Å². The molecule has 1 aromatic heterocycles. The summed E-state index contributed by atoms with van der Waals surface area (Å²) in [7, 11) is 0. The van der Waals surface area contributed by atoms with Gasteiger partial charge < -0.3 is 10.4 Å². The lowest BCUT2D eigenvalue weighted by molar-refractivity contribution is -0.131. The van der Waals surface area contributed by atoms with Crippen LogP contribution >= 0.6 is 11.6 Å². The maximum Gasteiger partial charge on any atom is 0.328 e. The summed E-state index contributed by atoms with van der Waals surface area (Å²) in [5, 5.41) is 12.8. The molecule has 0 saturated carbocycles. The van der Waals surface area contributed by atoms with E-state index in [0.29, 0.717) is 6.04 Å². The fourth-order valence-corrected chi connectivity index (χ4v) is 3.03. The molecule has 2 heterocycles. The lowest BCUT2D eigenvalue weighted by atomic mass is 10.2. The van der Waals surface area contributed by atoms with Gasteiger partial charge in [-0.3, -0.25) is 4.90 Å². The van der Waals surface area contributed by atoms with E-state index in [-0.39, 0.29) is 0 Å². The highest BCUT2D eigenvalue weighted by atomic mass is 35.5. The van der Waals surface area contributed by atoms with Crippen molar-refractivity contribution >= 4 is 29.5 Å². The number of rotatable bonds is 6. The summed E-state index contributed by atoms with van der Waals surface area (Å²) >= 11 is 5.92. The summed E-state index contributed by atoms with van der Waals surface area (Å²) in [6.07, 6.45) is 5.37. The Balaban J connectivity index is 1.51. The molecule has 2 N–H and O–H groups in total. The summed E-state index contributed by atoms with van der Waals surface area (Å²) < 4.78 is 0. The predicted molar refractivity (Wildman–Crippen MR) is 99.7 cm³/mol. The molecule has 1 saturated heterocycles. The third-order valence-electron chi connectivity index (χ3n) is 4.15. The smallest absolute Gasteiger partial charge is 0.328 e. The van der Waals surface area contributed by atoms with Crippen LogP contribution in [0.3, 0.4) is 0 Å². The topological polar surface area (TPSA) is 65.5 Å². The number of hydrogen-bond donors (Lipinski definition) is 2. The number of halogens is 1. The minimum absolute atomic E-state index is 0.361. The molecule has 1 aliphatic rings. The van der Waals surface area contributed by atoms with E-state index >= 15 is 0 Å². The number of carbonyl (C=O) groups is 1. The second-order valence-corrected chi connectivity index (χ2v) is 6.58. The summed E-state index contributed by atoms with van der Waals surface area (Å²) in [5.74, 6) is -0.153. The van der Waals surface area contributed by atoms with Gasteiger partial charge in [-0.1, -0.05) is 23.7 Å². The van der Waals surface area contributed by atoms with Crippen LogP contribution in [0.5, 0.6) is 0 Å². The van der Waals surface area contributed by atoms with Gasteiger partial charge in [0.1, 0.15) is 5.82 Å². The number of carboxylic acid groups (broad SMARTS) is 1. The summed E-state index contributed by atoms with van der Waals surface area (Å²) in [5.41, 5.74) is 2.03. The molecule has 0 bridgehead atoms. The fourth-order valence-electron chi connectivity index (χ4n) is 2.91. The first-order valence-electron chi connectivity index (χ1n) is 8.19. The Kier molecular flexibility index (Phi) is 5.68. The first-order chi connectivity index (χ1) is 12.1. The minimum Gasteiger partial charge on any atom is -0.478 e. The molecular formula is C19H20ClN3O2. The van der Waals surface area contributed by atoms with Gasteiger partial charge in [0.05, 0.1) is 0 Å². The molecule has 6 heteroatoms. The van der Waals surface area contributed by atoms with Crippen molar-refractivity contribution in [2.24, 2.45) is 0 Å². The molecule has 25 heavy (non-hydrogen) atoms. The van der Waals surface area contributed by atoms with Crippen molar-refractivity contribution < 1.29 is 9.90 Å². The number of pyridine rings is 1. The molecule has 0 amide bonds. The Bertz CT molecular complexity index is 744. The maximum absolute atomic E-state index is 10.5. The normalized spacial score (nSPS) is 17.9. The largest absolute Gasteiger partial charge is 0.478 e. The van der Waals surface area contributed by atoms with Crippen molar-refractivity contribution in [1.82, 2.24) is 9.88 Å². The van der Waals surface area contributed by atoms with Crippen LogP contribution < -0.4 is 5.32 Å². The van der Waals surface area contributed by atoms with Gasteiger partial charge in [0.25, 0.3) is 0 Å². The van der Waals surface area contributed by atoms with Crippen LogP contribution in [-0.2, 0) is 11.3 Å². The molecule has 1 aliphatic heterocycles. The van der Waals surface area contributed by atoms with Gasteiger partial charge in [-0.2, -0.15) is 0 Å². The third kappa shape index (κ3) is 5.31. The first-order valence-corrected chi connectivity index (χ1v) is 8.57. The third-order valence-corrected chi connectivity index (χ3v) is 4.40. The van der Waals surface area contributed by atoms with E-state index in [0.717, 1.165) is 48.5 Å². The Morgan fingerprint density at radius 1 is 1.32 bits per heavy atom. The molecule has 130 valence electrons. The number of nitrogens with one attached hydrogen (secondary N) is 1. The number of likely N-dealkylation sites (tertiary alicyclic amines) is 1. The van der Waals surface area contributed by atoms with Crippen molar-refractivity contribution in [3.63, 3.8) is 0 Å². The van der Waals surface area contributed by atoms with Crippen LogP contribution in [0.1, 0.15) is 17.5 Å². The highest BCUT2D eigenvalue weighted by Gasteiger charge is 2.22. The van der Waals surface area contributed by atoms with Crippen molar-refractivity contribution in [2.45, 2.75) is 19.0 Å². The Hall–Kier alpha value is -2.37. The molecule has 5 nitrogen and oxygen atoms in total. The van der Waals surface area contributed by atoms with Gasteiger partial charge in [-0.25, -0.2) is 9.78 Å². The molecular weight excluding hydrogens is 338 g/mol. The predicted octanol–water partition coefficient (Wildman–Crippen LogP) is 3.52. The van der Waals surface area contributed by atoms with Crippen molar-refractivity contribution in [3.05, 3.63) is 64.8 Å². The first kappa shape index (κ1) is 17.5. The highest BCUT2D eigenvalue weighted by Crippen LogP contribution is 2.18. The monoisotopic (exact) mass is 357 g/mol. The maximum atomic E-state index is 10.5. The zero-order valence-electron chi connectivity index (χ0n) is 13.7. The Labute approximate surface area is 152 Å². The van der Waals surface area contributed by atoms with Gasteiger partial charge in [0.2, 0.25) is 0 Å². The molecule has 1 fully saturated rings. The van der Waals surface area contributed by atoms with Crippen LogP contribution in [-0.4, -0.2) is 40.1 Å². The van der Waals surface area contributed by atoms with Gasteiger partial charge in [0, 0.05) is 43.0 Å². The molecule has 0 aliphatic carbocycles. The molecule has 0 radical (unpaired) electrons. The van der Waals surface area contributed by atoms with Crippen molar-refractivity contribution in [2.75, 3.05) is 18.4 Å². The molecule has 3 rings (SSSR count). The van der Waals surface area contributed by atoms with E-state index in [1.807, 2.05) is 24.3 Å². The molecule has 0 spiro atoms. The summed E-state index contributed by atoms with van der Waals surface area (Å²) in [4.78, 5) is 17.3. The van der Waals surface area contributed by atoms with Crippen LogP contribution in [0, 0.1) is 0 Å². The zero-order chi connectivity index (χ0) is 17.6. The number of nitrogens with zero attached hydrogens (tertiary/aromatic N) is 2. The Morgan fingerprint density at radius 2 is 2.12 bits per heavy atom. The van der Waals surface area contributed by atoms with Gasteiger partial charge in [-0.05, 0) is 47.9 Å². The second-order valence-electron chi connectivity index (χ2n) is 6.14. The second kappa shape index (κ2) is 8.14. The van der Waals surface area contributed by atoms with Crippen LogP contribution in [0.15, 0.2) is 48.7 Å². The van der Waals surface area contributed by atoms with Crippen molar-refractivity contribution in [3.8, 4) is 0 Å². The SMILES string of the molecule is O=C(O)C=Cc1ccc(N[C@@H]2CCN(Cc3ccc(Cl)cc3)C2)nc1. The van der Waals surface area contributed by atoms with Crippen LogP contribution in [0.2, 0.25) is 5.02 Å². The number of aliphatic carboxylic acids is 1. The standard InChI is InChI=1S/C19H20ClN3O2/c20-16-5-1-15(2-6-16)12-23-10-9-17(13-23)22-18-7-3-14(11-21-18)4-8-19(24)25/h1-8,11,17H,9-10,12-13H2,(H,21,22)(H,24,25)/t17-/m1/s1. The summed E-state index contributed by atoms with van der Waals surface area (Å²) in [6.45, 7) is 2.92. The number of hydrogen-bond acceptors (Lipinski definition) is 4. The lowest BCUT2D eigenvalue weighted by Crippen LogP contribution is -2.26. The van der Waals surface area contributed by atoms with Gasteiger partial charge in [-0.15, -0.1) is 0 Å². The zero-order valence-corrected chi connectivity index (χ0v) is 14.5. The van der Waals surface area contributed by atoms with Crippen molar-refractivity contribution in [1.29, 1.82) is 0 Å². The fraction of sp³-hybridized carbons (Fsp3) is 0.263. The average molecular weight is 358 g/mol. The van der Waals surface area contributed by atoms with E-state index in [9.17, 15) is 4.79 Å². The lowest BCUT2D eigenvalue weighted by Gasteiger charge is -2.17. The average Bonchev–Trinajstić information content (AvgIpc) is 3.03. The van der Waals surface area contributed by atoms with E-state index in [2.05, 4.69) is 27.3 Å². The highest BCUT2D eigenvalue weighted by molar-refractivity contribution is 6.30. The van der Waals surface area contributed by atoms with E-state index in [1.165, 1.54) is 11.6 Å². The molecule has 1 atom stereocenters. The van der Waals surface area contributed by atoms with Crippen LogP contribution in [0.4, 0.5) is 5.82 Å². The summed E-state index contributed by atoms with van der Waals surface area (Å²) in [6, 6.07) is 12.1. The van der Waals surface area contributed by atoms with Crippen LogP contribution in [0.25, 0.3) is 6.08 Å². The quantitative estimate of drug-likeness (QED) is 0.774.